The third-order valence-electron chi connectivity index (χ3n) is 6.23. The van der Waals surface area contributed by atoms with Crippen molar-refractivity contribution in [3.63, 3.8) is 0 Å². The monoisotopic (exact) mass is 398 g/mol. The van der Waals surface area contributed by atoms with Gasteiger partial charge in [0.2, 0.25) is 0 Å². The smallest absolute Gasteiger partial charge is 0.0233 e. The van der Waals surface area contributed by atoms with Crippen molar-refractivity contribution in [2.24, 2.45) is 5.92 Å². The molecule has 0 unspecified atom stereocenters. The Hall–Kier alpha value is -2.42. The van der Waals surface area contributed by atoms with Crippen LogP contribution >= 0.6 is 0 Å². The summed E-state index contributed by atoms with van der Waals surface area (Å²) in [5.74, 6) is 0.837. The van der Waals surface area contributed by atoms with Crippen LogP contribution in [0.5, 0.6) is 0 Å². The van der Waals surface area contributed by atoms with E-state index in [9.17, 15) is 0 Å². The van der Waals surface area contributed by atoms with E-state index in [0.29, 0.717) is 0 Å². The van der Waals surface area contributed by atoms with Crippen LogP contribution in [0.25, 0.3) is 0 Å². The highest BCUT2D eigenvalue weighted by molar-refractivity contribution is 5.23. The fourth-order valence-corrected chi connectivity index (χ4v) is 4.50. The number of rotatable bonds is 9. The molecule has 0 atom stereocenters. The Bertz CT molecular complexity index is 867. The van der Waals surface area contributed by atoms with Crippen molar-refractivity contribution >= 4 is 0 Å². The zero-order valence-electron chi connectivity index (χ0n) is 18.0. The first-order chi connectivity index (χ1) is 14.8. The quantitative estimate of drug-likeness (QED) is 0.481. The molecule has 0 aromatic heterocycles. The molecule has 0 aliphatic carbocycles. The maximum atomic E-state index is 3.60. The summed E-state index contributed by atoms with van der Waals surface area (Å²) in [5, 5.41) is 3.60. The molecular formula is C28H34N2. The third-order valence-corrected chi connectivity index (χ3v) is 6.23. The van der Waals surface area contributed by atoms with E-state index in [4.69, 9.17) is 0 Å². The molecule has 1 heterocycles. The van der Waals surface area contributed by atoms with Crippen molar-refractivity contribution < 1.29 is 0 Å². The van der Waals surface area contributed by atoms with Crippen molar-refractivity contribution in [3.8, 4) is 0 Å². The molecule has 1 aliphatic rings. The number of likely N-dealkylation sites (tertiary alicyclic amines) is 1. The number of hydrogen-bond donors (Lipinski definition) is 1. The Morgan fingerprint density at radius 1 is 0.700 bits per heavy atom. The zero-order valence-corrected chi connectivity index (χ0v) is 18.0. The normalized spacial score (nSPS) is 15.3. The van der Waals surface area contributed by atoms with Crippen LogP contribution in [-0.2, 0) is 25.9 Å². The van der Waals surface area contributed by atoms with E-state index in [0.717, 1.165) is 32.0 Å². The van der Waals surface area contributed by atoms with Gasteiger partial charge in [-0.25, -0.2) is 0 Å². The molecule has 1 N–H and O–H groups in total. The van der Waals surface area contributed by atoms with Gasteiger partial charge in [-0.15, -0.1) is 0 Å². The van der Waals surface area contributed by atoms with Crippen molar-refractivity contribution in [2.75, 3.05) is 19.6 Å². The lowest BCUT2D eigenvalue weighted by Crippen LogP contribution is -2.33. The molecule has 3 aromatic rings. The molecule has 1 fully saturated rings. The average molecular weight is 399 g/mol. The molecule has 30 heavy (non-hydrogen) atoms. The van der Waals surface area contributed by atoms with Crippen LogP contribution in [0.3, 0.4) is 0 Å². The molecule has 2 nitrogen and oxygen atoms in total. The molecule has 2 heteroatoms. The molecule has 3 aromatic carbocycles. The number of hydrogen-bond acceptors (Lipinski definition) is 2. The van der Waals surface area contributed by atoms with E-state index in [1.165, 1.54) is 54.6 Å². The van der Waals surface area contributed by atoms with Gasteiger partial charge in [-0.1, -0.05) is 84.9 Å². The second-order valence-electron chi connectivity index (χ2n) is 8.64. The van der Waals surface area contributed by atoms with E-state index in [-0.39, 0.29) is 0 Å². The van der Waals surface area contributed by atoms with Gasteiger partial charge in [0.15, 0.2) is 0 Å². The first kappa shape index (κ1) is 20.8. The molecule has 0 spiro atoms. The summed E-state index contributed by atoms with van der Waals surface area (Å²) in [7, 11) is 0. The SMILES string of the molecule is c1ccc(CCNCc2cccc(CN3CCC(Cc4ccccc4)CC3)c2)cc1. The van der Waals surface area contributed by atoms with Gasteiger partial charge in [0.25, 0.3) is 0 Å². The minimum absolute atomic E-state index is 0.837. The number of nitrogens with one attached hydrogen (secondary N) is 1. The van der Waals surface area contributed by atoms with Crippen LogP contribution in [0.15, 0.2) is 84.9 Å². The van der Waals surface area contributed by atoms with Gasteiger partial charge in [0, 0.05) is 13.1 Å². The van der Waals surface area contributed by atoms with Gasteiger partial charge in [-0.3, -0.25) is 4.90 Å². The van der Waals surface area contributed by atoms with Gasteiger partial charge in [-0.05, 0) is 73.5 Å². The molecule has 1 aliphatic heterocycles. The standard InChI is InChI=1S/C28H34N2/c1-3-8-24(9-4-1)14-17-29-22-27-12-7-13-28(21-27)23-30-18-15-26(16-19-30)20-25-10-5-2-6-11-25/h1-13,21,26,29H,14-20,22-23H2. The number of piperidine rings is 1. The lowest BCUT2D eigenvalue weighted by molar-refractivity contribution is 0.177. The molecule has 0 bridgehead atoms. The van der Waals surface area contributed by atoms with E-state index in [1.807, 2.05) is 0 Å². The fraction of sp³-hybridized carbons (Fsp3) is 0.357. The Morgan fingerprint density at radius 3 is 2.07 bits per heavy atom. The maximum absolute atomic E-state index is 3.60. The Kier molecular flexibility index (Phi) is 7.71. The number of nitrogens with zero attached hydrogens (tertiary/aromatic N) is 1. The zero-order chi connectivity index (χ0) is 20.4. The highest BCUT2D eigenvalue weighted by Gasteiger charge is 2.19. The lowest BCUT2D eigenvalue weighted by Gasteiger charge is -2.32. The summed E-state index contributed by atoms with van der Waals surface area (Å²) in [5.41, 5.74) is 5.72. The molecule has 156 valence electrons. The summed E-state index contributed by atoms with van der Waals surface area (Å²) in [6.45, 7) is 5.48. The second kappa shape index (κ2) is 11.1. The van der Waals surface area contributed by atoms with Gasteiger partial charge in [0.1, 0.15) is 0 Å². The third kappa shape index (κ3) is 6.55. The molecular weight excluding hydrogens is 364 g/mol. The predicted octanol–water partition coefficient (Wildman–Crippen LogP) is 5.47. The van der Waals surface area contributed by atoms with Crippen LogP contribution in [0, 0.1) is 5.92 Å². The summed E-state index contributed by atoms with van der Waals surface area (Å²) in [6, 6.07) is 30.8. The summed E-state index contributed by atoms with van der Waals surface area (Å²) in [4.78, 5) is 2.63. The average Bonchev–Trinajstić information content (AvgIpc) is 2.80. The first-order valence-corrected chi connectivity index (χ1v) is 11.4. The molecule has 4 rings (SSSR count). The number of benzene rings is 3. The molecule has 0 amide bonds. The van der Waals surface area contributed by atoms with Crippen molar-refractivity contribution in [1.82, 2.24) is 10.2 Å². The maximum Gasteiger partial charge on any atom is 0.0233 e. The predicted molar refractivity (Wildman–Crippen MR) is 126 cm³/mol. The van der Waals surface area contributed by atoms with E-state index in [2.05, 4.69) is 95.1 Å². The molecule has 1 saturated heterocycles. The highest BCUT2D eigenvalue weighted by atomic mass is 15.1. The van der Waals surface area contributed by atoms with Crippen LogP contribution in [-0.4, -0.2) is 24.5 Å². The van der Waals surface area contributed by atoms with Crippen LogP contribution in [0.4, 0.5) is 0 Å². The molecule has 0 radical (unpaired) electrons. The Labute approximate surface area is 181 Å². The van der Waals surface area contributed by atoms with Gasteiger partial charge in [0.05, 0.1) is 0 Å². The second-order valence-corrected chi connectivity index (χ2v) is 8.64. The summed E-state index contributed by atoms with van der Waals surface area (Å²) >= 11 is 0. The van der Waals surface area contributed by atoms with E-state index in [1.54, 1.807) is 0 Å². The van der Waals surface area contributed by atoms with E-state index >= 15 is 0 Å². The lowest BCUT2D eigenvalue weighted by atomic mass is 9.90. The van der Waals surface area contributed by atoms with Crippen molar-refractivity contribution in [3.05, 3.63) is 107 Å². The largest absolute Gasteiger partial charge is 0.312 e. The highest BCUT2D eigenvalue weighted by Crippen LogP contribution is 2.23. The van der Waals surface area contributed by atoms with Crippen molar-refractivity contribution in [2.45, 2.75) is 38.8 Å². The minimum Gasteiger partial charge on any atom is -0.312 e. The van der Waals surface area contributed by atoms with Crippen molar-refractivity contribution in [1.29, 1.82) is 0 Å². The fourth-order valence-electron chi connectivity index (χ4n) is 4.50. The summed E-state index contributed by atoms with van der Waals surface area (Å²) in [6.07, 6.45) is 4.95. The topological polar surface area (TPSA) is 15.3 Å². The Morgan fingerprint density at radius 2 is 1.33 bits per heavy atom. The van der Waals surface area contributed by atoms with Crippen LogP contribution in [0.2, 0.25) is 0 Å². The van der Waals surface area contributed by atoms with Gasteiger partial charge >= 0.3 is 0 Å². The van der Waals surface area contributed by atoms with Gasteiger partial charge in [-0.2, -0.15) is 0 Å². The van der Waals surface area contributed by atoms with Crippen LogP contribution in [0.1, 0.15) is 35.1 Å². The van der Waals surface area contributed by atoms with E-state index < -0.39 is 0 Å². The molecule has 0 saturated carbocycles. The Balaban J connectivity index is 1.19. The van der Waals surface area contributed by atoms with Gasteiger partial charge < -0.3 is 5.32 Å². The van der Waals surface area contributed by atoms with Crippen LogP contribution < -0.4 is 5.32 Å². The minimum atomic E-state index is 0.837. The summed E-state index contributed by atoms with van der Waals surface area (Å²) < 4.78 is 0. The first-order valence-electron chi connectivity index (χ1n) is 11.4.